The first kappa shape index (κ1) is 12.1. The van der Waals surface area contributed by atoms with Gasteiger partial charge in [0.2, 0.25) is 0 Å². The van der Waals surface area contributed by atoms with Gasteiger partial charge in [0.1, 0.15) is 5.82 Å². The molecule has 17 heavy (non-hydrogen) atoms. The summed E-state index contributed by atoms with van der Waals surface area (Å²) >= 11 is 1.62. The summed E-state index contributed by atoms with van der Waals surface area (Å²) in [5.41, 5.74) is 0. The molecule has 1 unspecified atom stereocenters. The van der Waals surface area contributed by atoms with E-state index in [1.165, 1.54) is 10.9 Å². The number of fused-ring (bicyclic) bond motifs is 1. The second-order valence-electron chi connectivity index (χ2n) is 3.80. The van der Waals surface area contributed by atoms with Crippen molar-refractivity contribution >= 4 is 21.4 Å². The van der Waals surface area contributed by atoms with Gasteiger partial charge in [0, 0.05) is 16.0 Å². The smallest absolute Gasteiger partial charge is 0.124 e. The van der Waals surface area contributed by atoms with E-state index in [2.05, 4.69) is 23.2 Å². The number of thiophene rings is 1. The van der Waals surface area contributed by atoms with Crippen LogP contribution in [0, 0.1) is 17.7 Å². The molecular weight excluding hydrogens is 233 g/mol. The van der Waals surface area contributed by atoms with Gasteiger partial charge in [0.25, 0.3) is 0 Å². The average Bonchev–Trinajstić information content (AvgIpc) is 2.72. The molecule has 1 aromatic carbocycles. The average molecular weight is 247 g/mol. The third kappa shape index (κ3) is 2.66. The van der Waals surface area contributed by atoms with Gasteiger partial charge in [0.15, 0.2) is 0 Å². The summed E-state index contributed by atoms with van der Waals surface area (Å²) in [6.45, 7) is 1.84. The molecule has 0 saturated carbocycles. The summed E-state index contributed by atoms with van der Waals surface area (Å²) in [6.07, 6.45) is 0.780. The molecule has 0 amide bonds. The van der Waals surface area contributed by atoms with Crippen LogP contribution in [0.15, 0.2) is 24.3 Å². The second kappa shape index (κ2) is 5.31. The minimum atomic E-state index is -0.180. The fourth-order valence-electron chi connectivity index (χ4n) is 1.75. The molecule has 0 saturated heterocycles. The van der Waals surface area contributed by atoms with E-state index in [0.29, 0.717) is 0 Å². The van der Waals surface area contributed by atoms with Crippen molar-refractivity contribution in [3.8, 4) is 11.8 Å². The molecule has 1 N–H and O–H groups in total. The summed E-state index contributed by atoms with van der Waals surface area (Å²) in [5, 5.41) is 4.34. The number of hydrogen-bond donors (Lipinski definition) is 1. The van der Waals surface area contributed by atoms with Crippen LogP contribution in [0.2, 0.25) is 0 Å². The van der Waals surface area contributed by atoms with Crippen LogP contribution >= 0.6 is 11.3 Å². The quantitative estimate of drug-likeness (QED) is 0.815. The molecule has 0 radical (unpaired) electrons. The molecule has 1 aromatic heterocycles. The van der Waals surface area contributed by atoms with Crippen molar-refractivity contribution in [3.63, 3.8) is 0 Å². The van der Waals surface area contributed by atoms with E-state index < -0.39 is 0 Å². The van der Waals surface area contributed by atoms with Crippen LogP contribution in [-0.2, 0) is 0 Å². The van der Waals surface area contributed by atoms with Crippen molar-refractivity contribution in [1.82, 2.24) is 5.32 Å². The molecule has 88 valence electrons. The molecule has 1 heterocycles. The molecule has 3 heteroatoms. The topological polar surface area (TPSA) is 12.0 Å². The van der Waals surface area contributed by atoms with Gasteiger partial charge >= 0.3 is 0 Å². The van der Waals surface area contributed by atoms with Crippen LogP contribution in [0.4, 0.5) is 4.39 Å². The molecule has 0 aliphatic rings. The second-order valence-corrected chi connectivity index (χ2v) is 4.92. The Morgan fingerprint density at radius 3 is 2.94 bits per heavy atom. The van der Waals surface area contributed by atoms with Crippen molar-refractivity contribution in [1.29, 1.82) is 0 Å². The Balaban J connectivity index is 2.36. The Morgan fingerprint density at radius 2 is 2.24 bits per heavy atom. The van der Waals surface area contributed by atoms with Crippen molar-refractivity contribution < 1.29 is 4.39 Å². The number of halogens is 1. The third-order valence-electron chi connectivity index (χ3n) is 2.68. The van der Waals surface area contributed by atoms with Crippen LogP contribution in [0.1, 0.15) is 24.3 Å². The van der Waals surface area contributed by atoms with Gasteiger partial charge < -0.3 is 5.32 Å². The molecule has 0 aliphatic carbocycles. The standard InChI is InChI=1S/C14H14FNS/c1-3-4-5-12(16-2)14-8-10-6-7-11(15)9-13(10)17-14/h6-9,12,16H,5H2,1-2H3. The first-order valence-electron chi connectivity index (χ1n) is 5.50. The van der Waals surface area contributed by atoms with Crippen LogP contribution in [0.3, 0.4) is 0 Å². The molecule has 0 bridgehead atoms. The van der Waals surface area contributed by atoms with Crippen molar-refractivity contribution in [2.45, 2.75) is 19.4 Å². The molecule has 2 rings (SSSR count). The predicted molar refractivity (Wildman–Crippen MR) is 71.7 cm³/mol. The van der Waals surface area contributed by atoms with Crippen molar-refractivity contribution in [2.75, 3.05) is 7.05 Å². The van der Waals surface area contributed by atoms with Crippen LogP contribution in [-0.4, -0.2) is 7.05 Å². The van der Waals surface area contributed by atoms with E-state index in [1.807, 2.05) is 20.0 Å². The highest BCUT2D eigenvalue weighted by Gasteiger charge is 2.11. The summed E-state index contributed by atoms with van der Waals surface area (Å²) in [5.74, 6) is 5.79. The van der Waals surface area contributed by atoms with E-state index in [4.69, 9.17) is 0 Å². The van der Waals surface area contributed by atoms with E-state index in [0.717, 1.165) is 16.5 Å². The van der Waals surface area contributed by atoms with Crippen LogP contribution in [0.25, 0.3) is 10.1 Å². The molecule has 0 fully saturated rings. The monoisotopic (exact) mass is 247 g/mol. The fourth-order valence-corrected chi connectivity index (χ4v) is 2.95. The van der Waals surface area contributed by atoms with Crippen LogP contribution in [0.5, 0.6) is 0 Å². The lowest BCUT2D eigenvalue weighted by Gasteiger charge is -2.09. The molecule has 1 atom stereocenters. The molecule has 1 nitrogen and oxygen atoms in total. The van der Waals surface area contributed by atoms with E-state index in [1.54, 1.807) is 17.4 Å². The largest absolute Gasteiger partial charge is 0.312 e. The number of nitrogens with one attached hydrogen (secondary N) is 1. The third-order valence-corrected chi connectivity index (χ3v) is 3.89. The number of rotatable bonds is 3. The zero-order chi connectivity index (χ0) is 12.3. The van der Waals surface area contributed by atoms with Crippen molar-refractivity contribution in [3.05, 3.63) is 35.0 Å². The Labute approximate surface area is 105 Å². The molecule has 2 aromatic rings. The lowest BCUT2D eigenvalue weighted by atomic mass is 10.1. The first-order valence-corrected chi connectivity index (χ1v) is 6.32. The zero-order valence-electron chi connectivity index (χ0n) is 9.88. The van der Waals surface area contributed by atoms with Gasteiger partial charge in [0.05, 0.1) is 6.04 Å². The van der Waals surface area contributed by atoms with Gasteiger partial charge in [-0.25, -0.2) is 4.39 Å². The number of benzene rings is 1. The highest BCUT2D eigenvalue weighted by Crippen LogP contribution is 2.31. The number of hydrogen-bond acceptors (Lipinski definition) is 2. The van der Waals surface area contributed by atoms with Crippen LogP contribution < -0.4 is 5.32 Å². The lowest BCUT2D eigenvalue weighted by molar-refractivity contribution is 0.622. The molecular formula is C14H14FNS. The molecule has 0 spiro atoms. The molecule has 0 aliphatic heterocycles. The van der Waals surface area contributed by atoms with Gasteiger partial charge in [-0.15, -0.1) is 23.2 Å². The Hall–Kier alpha value is -1.37. The van der Waals surface area contributed by atoms with E-state index in [-0.39, 0.29) is 11.9 Å². The van der Waals surface area contributed by atoms with Gasteiger partial charge in [-0.1, -0.05) is 6.07 Å². The van der Waals surface area contributed by atoms with Gasteiger partial charge in [-0.05, 0) is 37.6 Å². The van der Waals surface area contributed by atoms with Crippen molar-refractivity contribution in [2.24, 2.45) is 0 Å². The zero-order valence-corrected chi connectivity index (χ0v) is 10.7. The Morgan fingerprint density at radius 1 is 1.41 bits per heavy atom. The summed E-state index contributed by atoms with van der Waals surface area (Å²) < 4.78 is 14.1. The summed E-state index contributed by atoms with van der Waals surface area (Å²) in [4.78, 5) is 1.20. The Kier molecular flexibility index (Phi) is 3.78. The van der Waals surface area contributed by atoms with Gasteiger partial charge in [-0.2, -0.15) is 0 Å². The van der Waals surface area contributed by atoms with Gasteiger partial charge in [-0.3, -0.25) is 0 Å². The van der Waals surface area contributed by atoms with E-state index in [9.17, 15) is 4.39 Å². The SMILES string of the molecule is CC#CCC(NC)c1cc2ccc(F)cc2s1. The summed E-state index contributed by atoms with van der Waals surface area (Å²) in [6, 6.07) is 7.24. The minimum absolute atomic E-state index is 0.180. The highest BCUT2D eigenvalue weighted by molar-refractivity contribution is 7.19. The summed E-state index contributed by atoms with van der Waals surface area (Å²) in [7, 11) is 1.92. The highest BCUT2D eigenvalue weighted by atomic mass is 32.1. The maximum Gasteiger partial charge on any atom is 0.124 e. The predicted octanol–water partition coefficient (Wildman–Crippen LogP) is 3.71. The minimum Gasteiger partial charge on any atom is -0.312 e. The maximum atomic E-state index is 13.1. The lowest BCUT2D eigenvalue weighted by Crippen LogP contribution is -2.14. The fraction of sp³-hybridized carbons (Fsp3) is 0.286. The maximum absolute atomic E-state index is 13.1. The van der Waals surface area contributed by atoms with E-state index >= 15 is 0 Å². The normalized spacial score (nSPS) is 12.2. The first-order chi connectivity index (χ1) is 8.24. The Bertz CT molecular complexity index is 577.